The predicted octanol–water partition coefficient (Wildman–Crippen LogP) is -0.515. The number of carbonyl (C=O) groups excluding carboxylic acids is 1. The summed E-state index contributed by atoms with van der Waals surface area (Å²) in [5.41, 5.74) is -0.227. The molecule has 1 heterocycles. The minimum absolute atomic E-state index is 0.0129. The van der Waals surface area contributed by atoms with Crippen molar-refractivity contribution in [2.75, 3.05) is 26.2 Å². The van der Waals surface area contributed by atoms with Gasteiger partial charge in [0.15, 0.2) is 0 Å². The van der Waals surface area contributed by atoms with Gasteiger partial charge in [-0.25, -0.2) is 0 Å². The number of nitrogens with one attached hydrogen (secondary N) is 2. The Labute approximate surface area is 78.7 Å². The van der Waals surface area contributed by atoms with Gasteiger partial charge in [0.05, 0.1) is 12.0 Å². The molecular weight excluding hydrogens is 168 g/mol. The normalized spacial score (nSPS) is 27.5. The van der Waals surface area contributed by atoms with Gasteiger partial charge < -0.3 is 15.7 Å². The SMILES string of the molecule is CCC1(C(=O)NCCO)CCNC1. The summed E-state index contributed by atoms with van der Waals surface area (Å²) >= 11 is 0. The number of hydrogen-bond acceptors (Lipinski definition) is 3. The molecule has 1 aliphatic heterocycles. The fourth-order valence-electron chi connectivity index (χ4n) is 1.76. The molecule has 1 fully saturated rings. The van der Waals surface area contributed by atoms with Crippen molar-refractivity contribution in [1.29, 1.82) is 0 Å². The lowest BCUT2D eigenvalue weighted by Gasteiger charge is -2.24. The van der Waals surface area contributed by atoms with Gasteiger partial charge in [-0.05, 0) is 19.4 Å². The van der Waals surface area contributed by atoms with Crippen molar-refractivity contribution in [1.82, 2.24) is 10.6 Å². The maximum atomic E-state index is 11.7. The number of aliphatic hydroxyl groups is 1. The summed E-state index contributed by atoms with van der Waals surface area (Å²) in [6, 6.07) is 0. The van der Waals surface area contributed by atoms with Crippen LogP contribution in [0.4, 0.5) is 0 Å². The Morgan fingerprint density at radius 1 is 1.69 bits per heavy atom. The summed E-state index contributed by atoms with van der Waals surface area (Å²) in [7, 11) is 0. The van der Waals surface area contributed by atoms with E-state index in [1.807, 2.05) is 6.92 Å². The Morgan fingerprint density at radius 2 is 2.46 bits per heavy atom. The molecule has 4 nitrogen and oxygen atoms in total. The Balaban J connectivity index is 2.49. The molecule has 3 N–H and O–H groups in total. The zero-order valence-corrected chi connectivity index (χ0v) is 8.10. The molecule has 1 unspecified atom stereocenters. The van der Waals surface area contributed by atoms with E-state index in [1.54, 1.807) is 0 Å². The second-order valence-electron chi connectivity index (χ2n) is 3.54. The quantitative estimate of drug-likeness (QED) is 0.554. The van der Waals surface area contributed by atoms with E-state index in [-0.39, 0.29) is 17.9 Å². The van der Waals surface area contributed by atoms with Gasteiger partial charge in [-0.2, -0.15) is 0 Å². The molecular formula is C9H18N2O2. The fraction of sp³-hybridized carbons (Fsp3) is 0.889. The molecule has 0 aromatic heterocycles. The lowest BCUT2D eigenvalue weighted by molar-refractivity contribution is -0.130. The Kier molecular flexibility index (Phi) is 3.69. The van der Waals surface area contributed by atoms with Crippen LogP contribution in [0.3, 0.4) is 0 Å². The summed E-state index contributed by atoms with van der Waals surface area (Å²) < 4.78 is 0. The zero-order valence-electron chi connectivity index (χ0n) is 8.10. The Morgan fingerprint density at radius 3 is 2.92 bits per heavy atom. The average molecular weight is 186 g/mol. The van der Waals surface area contributed by atoms with Gasteiger partial charge >= 0.3 is 0 Å². The molecule has 76 valence electrons. The van der Waals surface area contributed by atoms with Crippen LogP contribution in [0, 0.1) is 5.41 Å². The van der Waals surface area contributed by atoms with E-state index in [2.05, 4.69) is 10.6 Å². The molecule has 1 rings (SSSR count). The maximum Gasteiger partial charge on any atom is 0.227 e. The molecule has 0 saturated carbocycles. The zero-order chi connectivity index (χ0) is 9.73. The van der Waals surface area contributed by atoms with Crippen molar-refractivity contribution >= 4 is 5.91 Å². The van der Waals surface area contributed by atoms with Crippen molar-refractivity contribution < 1.29 is 9.90 Å². The molecule has 0 aromatic carbocycles. The van der Waals surface area contributed by atoms with E-state index < -0.39 is 0 Å². The summed E-state index contributed by atoms with van der Waals surface area (Å²) in [6.45, 7) is 4.09. The predicted molar refractivity (Wildman–Crippen MR) is 50.3 cm³/mol. The second kappa shape index (κ2) is 4.58. The molecule has 1 saturated heterocycles. The Bertz CT molecular complexity index is 176. The molecule has 1 amide bonds. The van der Waals surface area contributed by atoms with Crippen molar-refractivity contribution in [2.45, 2.75) is 19.8 Å². The summed E-state index contributed by atoms with van der Waals surface area (Å²) in [5, 5.41) is 14.5. The van der Waals surface area contributed by atoms with Crippen LogP contribution in [-0.2, 0) is 4.79 Å². The molecule has 0 spiro atoms. The van der Waals surface area contributed by atoms with E-state index in [0.717, 1.165) is 25.9 Å². The van der Waals surface area contributed by atoms with Crippen LogP contribution >= 0.6 is 0 Å². The highest BCUT2D eigenvalue weighted by atomic mass is 16.3. The fourth-order valence-corrected chi connectivity index (χ4v) is 1.76. The number of aliphatic hydroxyl groups excluding tert-OH is 1. The van der Waals surface area contributed by atoms with Gasteiger partial charge in [0.25, 0.3) is 0 Å². The first-order valence-corrected chi connectivity index (χ1v) is 4.85. The number of rotatable bonds is 4. The topological polar surface area (TPSA) is 61.4 Å². The van der Waals surface area contributed by atoms with Gasteiger partial charge in [0.2, 0.25) is 5.91 Å². The number of carbonyl (C=O) groups is 1. The van der Waals surface area contributed by atoms with Gasteiger partial charge in [0, 0.05) is 13.1 Å². The molecule has 0 aliphatic carbocycles. The molecule has 1 atom stereocenters. The van der Waals surface area contributed by atoms with Gasteiger partial charge in [-0.1, -0.05) is 6.92 Å². The number of amides is 1. The highest BCUT2D eigenvalue weighted by Crippen LogP contribution is 2.29. The summed E-state index contributed by atoms with van der Waals surface area (Å²) in [4.78, 5) is 11.7. The molecule has 0 aromatic rings. The highest BCUT2D eigenvalue weighted by Gasteiger charge is 2.38. The van der Waals surface area contributed by atoms with Crippen molar-refractivity contribution in [2.24, 2.45) is 5.41 Å². The van der Waals surface area contributed by atoms with Crippen LogP contribution in [-0.4, -0.2) is 37.3 Å². The van der Waals surface area contributed by atoms with Crippen LogP contribution in [0.5, 0.6) is 0 Å². The minimum atomic E-state index is -0.227. The van der Waals surface area contributed by atoms with Crippen LogP contribution in [0.15, 0.2) is 0 Å². The van der Waals surface area contributed by atoms with Crippen LogP contribution in [0.1, 0.15) is 19.8 Å². The van der Waals surface area contributed by atoms with Crippen LogP contribution in [0.25, 0.3) is 0 Å². The average Bonchev–Trinajstić information content (AvgIpc) is 2.63. The van der Waals surface area contributed by atoms with E-state index in [4.69, 9.17) is 5.11 Å². The molecule has 0 bridgehead atoms. The smallest absolute Gasteiger partial charge is 0.227 e. The largest absolute Gasteiger partial charge is 0.395 e. The third-order valence-corrected chi connectivity index (χ3v) is 2.80. The number of hydrogen-bond donors (Lipinski definition) is 3. The van der Waals surface area contributed by atoms with E-state index in [9.17, 15) is 4.79 Å². The van der Waals surface area contributed by atoms with E-state index >= 15 is 0 Å². The van der Waals surface area contributed by atoms with E-state index in [1.165, 1.54) is 0 Å². The van der Waals surface area contributed by atoms with Crippen LogP contribution < -0.4 is 10.6 Å². The lowest BCUT2D eigenvalue weighted by atomic mass is 9.83. The first-order chi connectivity index (χ1) is 6.25. The molecule has 13 heavy (non-hydrogen) atoms. The van der Waals surface area contributed by atoms with Gasteiger partial charge in [0.1, 0.15) is 0 Å². The third-order valence-electron chi connectivity index (χ3n) is 2.80. The Hall–Kier alpha value is -0.610. The highest BCUT2D eigenvalue weighted by molar-refractivity contribution is 5.83. The third kappa shape index (κ3) is 2.19. The van der Waals surface area contributed by atoms with Gasteiger partial charge in [-0.15, -0.1) is 0 Å². The summed E-state index contributed by atoms with van der Waals surface area (Å²) in [5.74, 6) is 0.0778. The first-order valence-electron chi connectivity index (χ1n) is 4.85. The maximum absolute atomic E-state index is 11.7. The first kappa shape index (κ1) is 10.5. The van der Waals surface area contributed by atoms with Crippen molar-refractivity contribution in [3.63, 3.8) is 0 Å². The monoisotopic (exact) mass is 186 g/mol. The van der Waals surface area contributed by atoms with Gasteiger partial charge in [-0.3, -0.25) is 4.79 Å². The molecule has 1 aliphatic rings. The summed E-state index contributed by atoms with van der Waals surface area (Å²) in [6.07, 6.45) is 1.76. The van der Waals surface area contributed by atoms with Crippen LogP contribution in [0.2, 0.25) is 0 Å². The second-order valence-corrected chi connectivity index (χ2v) is 3.54. The minimum Gasteiger partial charge on any atom is -0.395 e. The van der Waals surface area contributed by atoms with Crippen molar-refractivity contribution in [3.05, 3.63) is 0 Å². The molecule has 4 heteroatoms. The van der Waals surface area contributed by atoms with Crippen molar-refractivity contribution in [3.8, 4) is 0 Å². The lowest BCUT2D eigenvalue weighted by Crippen LogP contribution is -2.43. The standard InChI is InChI=1S/C9H18N2O2/c1-2-9(3-4-10-7-9)8(13)11-5-6-12/h10,12H,2-7H2,1H3,(H,11,13). The molecule has 0 radical (unpaired) electrons. The van der Waals surface area contributed by atoms with E-state index in [0.29, 0.717) is 6.54 Å².